The number of halogens is 1. The van der Waals surface area contributed by atoms with Crippen LogP contribution in [0.3, 0.4) is 0 Å². The van der Waals surface area contributed by atoms with E-state index in [0.29, 0.717) is 12.6 Å². The number of amides is 1. The Morgan fingerprint density at radius 3 is 2.95 bits per heavy atom. The van der Waals surface area contributed by atoms with Crippen molar-refractivity contribution in [2.75, 3.05) is 19.6 Å². The van der Waals surface area contributed by atoms with Gasteiger partial charge in [-0.05, 0) is 38.4 Å². The van der Waals surface area contributed by atoms with E-state index in [4.69, 9.17) is 0 Å². The molecule has 20 heavy (non-hydrogen) atoms. The van der Waals surface area contributed by atoms with Crippen LogP contribution < -0.4 is 0 Å². The Hall–Kier alpha value is -1.62. The Labute approximate surface area is 117 Å². The summed E-state index contributed by atoms with van der Waals surface area (Å²) in [6.45, 7) is 4.63. The van der Waals surface area contributed by atoms with E-state index in [1.165, 1.54) is 18.6 Å². The normalized spacial score (nSPS) is 26.6. The van der Waals surface area contributed by atoms with Gasteiger partial charge in [0, 0.05) is 31.2 Å². The van der Waals surface area contributed by atoms with Gasteiger partial charge in [0.2, 0.25) is 0 Å². The predicted octanol–water partition coefficient (Wildman–Crippen LogP) is 1.84. The van der Waals surface area contributed by atoms with Crippen molar-refractivity contribution in [2.45, 2.75) is 31.8 Å². The minimum atomic E-state index is -0.656. The fourth-order valence-electron chi connectivity index (χ4n) is 3.30. The number of hydrogen-bond acceptors (Lipinski definition) is 3. The summed E-state index contributed by atoms with van der Waals surface area (Å²) in [6.07, 6.45) is 2.28. The molecule has 2 saturated heterocycles. The first kappa shape index (κ1) is 13.4. The molecule has 1 amide bonds. The lowest BCUT2D eigenvalue weighted by Crippen LogP contribution is -2.56. The molecule has 2 atom stereocenters. The van der Waals surface area contributed by atoms with Crippen molar-refractivity contribution >= 4 is 5.91 Å². The van der Waals surface area contributed by atoms with Gasteiger partial charge in [0.25, 0.3) is 5.91 Å². The average Bonchev–Trinajstić information content (AvgIpc) is 2.84. The minimum absolute atomic E-state index is 0.0427. The number of rotatable bonds is 1. The number of phenols is 1. The minimum Gasteiger partial charge on any atom is -0.508 e. The molecule has 1 aromatic rings. The van der Waals surface area contributed by atoms with Gasteiger partial charge in [0.1, 0.15) is 11.6 Å². The first-order valence-electron chi connectivity index (χ1n) is 7.10. The molecular formula is C15H19FN2O2. The van der Waals surface area contributed by atoms with E-state index in [1.54, 1.807) is 4.90 Å². The smallest absolute Gasteiger partial charge is 0.257 e. The van der Waals surface area contributed by atoms with Gasteiger partial charge in [-0.15, -0.1) is 0 Å². The third kappa shape index (κ3) is 2.26. The highest BCUT2D eigenvalue weighted by molar-refractivity contribution is 5.95. The van der Waals surface area contributed by atoms with Crippen LogP contribution in [0.5, 0.6) is 5.75 Å². The van der Waals surface area contributed by atoms with Crippen LogP contribution in [0, 0.1) is 5.82 Å². The lowest BCUT2D eigenvalue weighted by Gasteiger charge is -2.42. The van der Waals surface area contributed by atoms with E-state index in [0.717, 1.165) is 25.6 Å². The summed E-state index contributed by atoms with van der Waals surface area (Å²) >= 11 is 0. The van der Waals surface area contributed by atoms with Crippen molar-refractivity contribution in [1.82, 2.24) is 9.80 Å². The summed E-state index contributed by atoms with van der Waals surface area (Å²) in [4.78, 5) is 16.7. The lowest BCUT2D eigenvalue weighted by atomic mass is 10.1. The molecule has 2 aliphatic heterocycles. The van der Waals surface area contributed by atoms with Gasteiger partial charge in [0.15, 0.2) is 0 Å². The van der Waals surface area contributed by atoms with Gasteiger partial charge < -0.3 is 10.0 Å². The number of benzene rings is 1. The van der Waals surface area contributed by atoms with Crippen molar-refractivity contribution in [1.29, 1.82) is 0 Å². The molecule has 0 bridgehead atoms. The van der Waals surface area contributed by atoms with Crippen molar-refractivity contribution in [2.24, 2.45) is 0 Å². The second-order valence-corrected chi connectivity index (χ2v) is 5.76. The number of hydrogen-bond donors (Lipinski definition) is 1. The maximum absolute atomic E-state index is 13.8. The van der Waals surface area contributed by atoms with E-state index in [9.17, 15) is 14.3 Å². The summed E-state index contributed by atoms with van der Waals surface area (Å²) in [5.74, 6) is -1.09. The van der Waals surface area contributed by atoms with Crippen LogP contribution in [-0.2, 0) is 0 Å². The van der Waals surface area contributed by atoms with Crippen LogP contribution in [0.2, 0.25) is 0 Å². The summed E-state index contributed by atoms with van der Waals surface area (Å²) < 4.78 is 13.8. The van der Waals surface area contributed by atoms with E-state index in [-0.39, 0.29) is 23.3 Å². The zero-order valence-corrected chi connectivity index (χ0v) is 11.6. The monoisotopic (exact) mass is 278 g/mol. The molecule has 0 aliphatic carbocycles. The molecule has 1 aromatic carbocycles. The number of phenolic OH excluding ortho intramolecular Hbond substituents is 1. The van der Waals surface area contributed by atoms with Gasteiger partial charge in [-0.3, -0.25) is 9.69 Å². The number of piperazine rings is 1. The van der Waals surface area contributed by atoms with Gasteiger partial charge >= 0.3 is 0 Å². The zero-order valence-electron chi connectivity index (χ0n) is 11.6. The van der Waals surface area contributed by atoms with Crippen molar-refractivity contribution < 1.29 is 14.3 Å². The van der Waals surface area contributed by atoms with Crippen LogP contribution >= 0.6 is 0 Å². The Balaban J connectivity index is 1.82. The molecular weight excluding hydrogens is 259 g/mol. The van der Waals surface area contributed by atoms with Gasteiger partial charge in [-0.25, -0.2) is 4.39 Å². The quantitative estimate of drug-likeness (QED) is 0.852. The lowest BCUT2D eigenvalue weighted by molar-refractivity contribution is 0.0391. The summed E-state index contributed by atoms with van der Waals surface area (Å²) in [5.41, 5.74) is 0.0427. The molecule has 0 aromatic heterocycles. The SMILES string of the molecule is CC1CN2CCCC2CN1C(=O)c1ccc(O)cc1F. The topological polar surface area (TPSA) is 43.8 Å². The molecule has 2 fully saturated rings. The molecule has 0 radical (unpaired) electrons. The molecule has 1 N–H and O–H groups in total. The Kier molecular flexibility index (Phi) is 3.38. The second kappa shape index (κ2) is 5.05. The largest absolute Gasteiger partial charge is 0.508 e. The van der Waals surface area contributed by atoms with Crippen LogP contribution in [-0.4, -0.2) is 52.5 Å². The average molecular weight is 278 g/mol. The molecule has 2 heterocycles. The first-order valence-corrected chi connectivity index (χ1v) is 7.10. The highest BCUT2D eigenvalue weighted by atomic mass is 19.1. The van der Waals surface area contributed by atoms with Gasteiger partial charge in [-0.2, -0.15) is 0 Å². The van der Waals surface area contributed by atoms with E-state index in [2.05, 4.69) is 4.90 Å². The first-order chi connectivity index (χ1) is 9.56. The maximum atomic E-state index is 13.8. The molecule has 5 heteroatoms. The molecule has 2 unspecified atom stereocenters. The number of carbonyl (C=O) groups is 1. The third-order valence-electron chi connectivity index (χ3n) is 4.38. The van der Waals surface area contributed by atoms with Crippen molar-refractivity contribution in [3.63, 3.8) is 0 Å². The fraction of sp³-hybridized carbons (Fsp3) is 0.533. The predicted molar refractivity (Wildman–Crippen MR) is 73.2 cm³/mol. The van der Waals surface area contributed by atoms with Crippen LogP contribution in [0.4, 0.5) is 4.39 Å². The van der Waals surface area contributed by atoms with Gasteiger partial charge in [-0.1, -0.05) is 0 Å². The van der Waals surface area contributed by atoms with E-state index >= 15 is 0 Å². The number of aromatic hydroxyl groups is 1. The van der Waals surface area contributed by atoms with E-state index < -0.39 is 5.82 Å². The highest BCUT2D eigenvalue weighted by Gasteiger charge is 2.37. The molecule has 108 valence electrons. The third-order valence-corrected chi connectivity index (χ3v) is 4.38. The standard InChI is InChI=1S/C15H19FN2O2/c1-10-8-17-6-2-3-11(17)9-18(10)15(20)13-5-4-12(19)7-14(13)16/h4-5,7,10-11,19H,2-3,6,8-9H2,1H3. The van der Waals surface area contributed by atoms with Gasteiger partial charge in [0.05, 0.1) is 5.56 Å². The van der Waals surface area contributed by atoms with Crippen molar-refractivity contribution in [3.8, 4) is 5.75 Å². The summed E-state index contributed by atoms with van der Waals surface area (Å²) in [5, 5.41) is 9.23. The van der Waals surface area contributed by atoms with Crippen LogP contribution in [0.15, 0.2) is 18.2 Å². The fourth-order valence-corrected chi connectivity index (χ4v) is 3.30. The summed E-state index contributed by atoms with van der Waals surface area (Å²) in [6, 6.07) is 4.21. The van der Waals surface area contributed by atoms with Crippen LogP contribution in [0.1, 0.15) is 30.1 Å². The number of nitrogens with zero attached hydrogens (tertiary/aromatic N) is 2. The Morgan fingerprint density at radius 2 is 2.20 bits per heavy atom. The molecule has 3 rings (SSSR count). The van der Waals surface area contributed by atoms with Crippen molar-refractivity contribution in [3.05, 3.63) is 29.6 Å². The molecule has 0 saturated carbocycles. The molecule has 0 spiro atoms. The molecule has 4 nitrogen and oxygen atoms in total. The van der Waals surface area contributed by atoms with Crippen LogP contribution in [0.25, 0.3) is 0 Å². The number of carbonyl (C=O) groups excluding carboxylic acids is 1. The second-order valence-electron chi connectivity index (χ2n) is 5.76. The summed E-state index contributed by atoms with van der Waals surface area (Å²) in [7, 11) is 0. The zero-order chi connectivity index (χ0) is 14.3. The maximum Gasteiger partial charge on any atom is 0.257 e. The van der Waals surface area contributed by atoms with E-state index in [1.807, 2.05) is 6.92 Å². The number of fused-ring (bicyclic) bond motifs is 1. The Bertz CT molecular complexity index is 535. The Morgan fingerprint density at radius 1 is 1.40 bits per heavy atom. The highest BCUT2D eigenvalue weighted by Crippen LogP contribution is 2.26. The molecule has 2 aliphatic rings.